The molecule has 1 aliphatic rings. The van der Waals surface area contributed by atoms with Crippen LogP contribution in [-0.2, 0) is 9.47 Å². The molecule has 0 saturated heterocycles. The first-order valence-electron chi connectivity index (χ1n) is 9.93. The summed E-state index contributed by atoms with van der Waals surface area (Å²) in [5.74, 6) is 0.458. The highest BCUT2D eigenvalue weighted by molar-refractivity contribution is 5.67. The molecular weight excluding hydrogens is 456 g/mol. The van der Waals surface area contributed by atoms with Crippen molar-refractivity contribution in [3.63, 3.8) is 0 Å². The van der Waals surface area contributed by atoms with Crippen molar-refractivity contribution in [3.8, 4) is 22.6 Å². The first-order chi connectivity index (χ1) is 16.1. The minimum atomic E-state index is -1.37. The molecule has 12 nitrogen and oxygen atoms in total. The van der Waals surface area contributed by atoms with E-state index in [1.807, 2.05) is 0 Å². The van der Waals surface area contributed by atoms with Gasteiger partial charge in [-0.3, -0.25) is 0 Å². The lowest BCUT2D eigenvalue weighted by molar-refractivity contribution is -0.00911. The van der Waals surface area contributed by atoms with Gasteiger partial charge in [0.15, 0.2) is 0 Å². The number of carbonyl (C=O) groups is 4. The number of benzene rings is 2. The van der Waals surface area contributed by atoms with Crippen molar-refractivity contribution < 1.29 is 58.6 Å². The van der Waals surface area contributed by atoms with Gasteiger partial charge in [-0.1, -0.05) is 24.3 Å². The van der Waals surface area contributed by atoms with Gasteiger partial charge in [0.1, 0.15) is 23.7 Å². The molecular formula is C22H22O12. The summed E-state index contributed by atoms with van der Waals surface area (Å²) in [6.45, 7) is 0. The Morgan fingerprint density at radius 1 is 0.529 bits per heavy atom. The molecule has 0 amide bonds. The van der Waals surface area contributed by atoms with Gasteiger partial charge < -0.3 is 39.4 Å². The van der Waals surface area contributed by atoms with Crippen molar-refractivity contribution in [2.24, 2.45) is 0 Å². The average Bonchev–Trinajstić information content (AvgIpc) is 2.75. The van der Waals surface area contributed by atoms with Gasteiger partial charge in [-0.25, -0.2) is 19.2 Å². The monoisotopic (exact) mass is 478 g/mol. The number of hydrogen-bond acceptors (Lipinski definition) is 8. The van der Waals surface area contributed by atoms with E-state index in [0.717, 1.165) is 11.1 Å². The molecule has 0 spiro atoms. The standard InChI is InChI=1S/C14H10O6.C8H12O6/c15-13(16)19-11-5-1-9(2-6-11)10-3-7-12(8-4-10)20-14(17)18;9-7(10)13-5-1-2-6(4-3-5)14-8(11)12/h1-8H,(H,15,16)(H,17,18);5-6H,1-4H2,(H,9,10)(H,11,12). The molecule has 182 valence electrons. The molecule has 0 atom stereocenters. The molecule has 0 radical (unpaired) electrons. The zero-order chi connectivity index (χ0) is 25.1. The molecule has 1 aliphatic carbocycles. The minimum absolute atomic E-state index is 0.229. The van der Waals surface area contributed by atoms with Crippen molar-refractivity contribution >= 4 is 24.6 Å². The Balaban J connectivity index is 0.000000257. The van der Waals surface area contributed by atoms with E-state index in [4.69, 9.17) is 20.4 Å². The molecule has 2 aromatic rings. The SMILES string of the molecule is O=C(O)OC1CCC(OC(=O)O)CC1.O=C(O)Oc1ccc(-c2ccc(OC(=O)O)cc2)cc1. The molecule has 12 heteroatoms. The zero-order valence-corrected chi connectivity index (χ0v) is 17.7. The van der Waals surface area contributed by atoms with Gasteiger partial charge in [-0.2, -0.15) is 0 Å². The lowest BCUT2D eigenvalue weighted by atomic mass is 9.95. The van der Waals surface area contributed by atoms with Gasteiger partial charge in [0, 0.05) is 0 Å². The summed E-state index contributed by atoms with van der Waals surface area (Å²) in [6.07, 6.45) is -3.87. The van der Waals surface area contributed by atoms with Crippen LogP contribution in [0.3, 0.4) is 0 Å². The Morgan fingerprint density at radius 3 is 1.06 bits per heavy atom. The molecule has 0 bridgehead atoms. The summed E-state index contributed by atoms with van der Waals surface area (Å²) >= 11 is 0. The van der Waals surface area contributed by atoms with E-state index in [-0.39, 0.29) is 23.7 Å². The summed E-state index contributed by atoms with van der Waals surface area (Å²) in [6, 6.07) is 12.9. The lowest BCUT2D eigenvalue weighted by Gasteiger charge is -2.26. The van der Waals surface area contributed by atoms with Crippen LogP contribution in [0, 0.1) is 0 Å². The molecule has 0 aromatic heterocycles. The predicted molar refractivity (Wildman–Crippen MR) is 113 cm³/mol. The topological polar surface area (TPSA) is 186 Å². The molecule has 3 rings (SSSR count). The number of rotatable bonds is 5. The van der Waals surface area contributed by atoms with Crippen LogP contribution >= 0.6 is 0 Å². The Kier molecular flexibility index (Phi) is 9.50. The summed E-state index contributed by atoms with van der Waals surface area (Å²) < 4.78 is 18.1. The van der Waals surface area contributed by atoms with Crippen molar-refractivity contribution in [2.75, 3.05) is 0 Å². The maximum absolute atomic E-state index is 10.4. The van der Waals surface area contributed by atoms with Crippen molar-refractivity contribution in [1.29, 1.82) is 0 Å². The van der Waals surface area contributed by atoms with Crippen LogP contribution in [0.2, 0.25) is 0 Å². The molecule has 4 N–H and O–H groups in total. The fraction of sp³-hybridized carbons (Fsp3) is 0.273. The third-order valence-electron chi connectivity index (χ3n) is 4.61. The first kappa shape index (κ1) is 25.8. The maximum atomic E-state index is 10.4. The summed E-state index contributed by atoms with van der Waals surface area (Å²) in [5.41, 5.74) is 1.68. The molecule has 1 saturated carbocycles. The summed E-state index contributed by atoms with van der Waals surface area (Å²) in [4.78, 5) is 41.1. The van der Waals surface area contributed by atoms with Crippen LogP contribution in [0.5, 0.6) is 11.5 Å². The van der Waals surface area contributed by atoms with Crippen molar-refractivity contribution in [3.05, 3.63) is 48.5 Å². The van der Waals surface area contributed by atoms with E-state index in [1.54, 1.807) is 24.3 Å². The molecule has 1 fully saturated rings. The van der Waals surface area contributed by atoms with Gasteiger partial charge >= 0.3 is 24.6 Å². The Bertz CT molecular complexity index is 894. The van der Waals surface area contributed by atoms with Gasteiger partial charge in [0.05, 0.1) is 0 Å². The minimum Gasteiger partial charge on any atom is -0.450 e. The Labute approximate surface area is 192 Å². The lowest BCUT2D eigenvalue weighted by Crippen LogP contribution is -2.29. The maximum Gasteiger partial charge on any atom is 0.511 e. The highest BCUT2D eigenvalue weighted by atomic mass is 16.7. The van der Waals surface area contributed by atoms with Gasteiger partial charge in [-0.15, -0.1) is 0 Å². The van der Waals surface area contributed by atoms with E-state index in [2.05, 4.69) is 18.9 Å². The average molecular weight is 478 g/mol. The summed E-state index contributed by atoms with van der Waals surface area (Å²) in [7, 11) is 0. The molecule has 0 heterocycles. The number of ether oxygens (including phenoxy) is 4. The van der Waals surface area contributed by atoms with Crippen LogP contribution in [-0.4, -0.2) is 57.3 Å². The fourth-order valence-electron chi connectivity index (χ4n) is 3.19. The van der Waals surface area contributed by atoms with Crippen LogP contribution < -0.4 is 9.47 Å². The second kappa shape index (κ2) is 12.5. The molecule has 34 heavy (non-hydrogen) atoms. The fourth-order valence-corrected chi connectivity index (χ4v) is 3.19. The van der Waals surface area contributed by atoms with E-state index >= 15 is 0 Å². The molecule has 2 aromatic carbocycles. The van der Waals surface area contributed by atoms with E-state index in [9.17, 15) is 19.2 Å². The van der Waals surface area contributed by atoms with E-state index < -0.39 is 24.6 Å². The van der Waals surface area contributed by atoms with Gasteiger partial charge in [0.2, 0.25) is 0 Å². The van der Waals surface area contributed by atoms with Crippen LogP contribution in [0.25, 0.3) is 11.1 Å². The van der Waals surface area contributed by atoms with E-state index in [1.165, 1.54) is 24.3 Å². The Morgan fingerprint density at radius 2 is 0.824 bits per heavy atom. The van der Waals surface area contributed by atoms with Crippen molar-refractivity contribution in [1.82, 2.24) is 0 Å². The van der Waals surface area contributed by atoms with Crippen LogP contribution in [0.1, 0.15) is 25.7 Å². The predicted octanol–water partition coefficient (Wildman–Crippen LogP) is 5.15. The third-order valence-corrected chi connectivity index (χ3v) is 4.61. The normalized spacial score (nSPS) is 16.7. The third kappa shape index (κ3) is 9.34. The first-order valence-corrected chi connectivity index (χ1v) is 9.93. The second-order valence-corrected chi connectivity index (χ2v) is 6.95. The number of hydrogen-bond donors (Lipinski definition) is 4. The largest absolute Gasteiger partial charge is 0.511 e. The van der Waals surface area contributed by atoms with Gasteiger partial charge in [-0.05, 0) is 61.1 Å². The van der Waals surface area contributed by atoms with E-state index in [0.29, 0.717) is 25.7 Å². The zero-order valence-electron chi connectivity index (χ0n) is 17.7. The molecule has 0 unspecified atom stereocenters. The van der Waals surface area contributed by atoms with Crippen molar-refractivity contribution in [2.45, 2.75) is 37.9 Å². The Hall–Kier alpha value is -4.48. The van der Waals surface area contributed by atoms with Gasteiger partial charge in [0.25, 0.3) is 0 Å². The smallest absolute Gasteiger partial charge is 0.450 e. The highest BCUT2D eigenvalue weighted by Gasteiger charge is 2.25. The second-order valence-electron chi connectivity index (χ2n) is 6.95. The van der Waals surface area contributed by atoms with Crippen LogP contribution in [0.15, 0.2) is 48.5 Å². The molecule has 0 aliphatic heterocycles. The van der Waals surface area contributed by atoms with Crippen LogP contribution in [0.4, 0.5) is 19.2 Å². The number of carboxylic acid groups (broad SMARTS) is 4. The quantitative estimate of drug-likeness (QED) is 0.327. The summed E-state index contributed by atoms with van der Waals surface area (Å²) in [5, 5.41) is 33.6. The highest BCUT2D eigenvalue weighted by Crippen LogP contribution is 2.25.